The molecule has 0 fully saturated rings. The third-order valence-corrected chi connectivity index (χ3v) is 2.82. The van der Waals surface area contributed by atoms with Crippen LogP contribution in [0.4, 0.5) is 0 Å². The molecule has 16 heavy (non-hydrogen) atoms. The lowest BCUT2D eigenvalue weighted by Crippen LogP contribution is -1.89. The first-order valence-corrected chi connectivity index (χ1v) is 5.76. The molecule has 0 radical (unpaired) electrons. The largest absolute Gasteiger partial charge is 0.497 e. The van der Waals surface area contributed by atoms with Crippen molar-refractivity contribution in [1.82, 2.24) is 4.98 Å². The van der Waals surface area contributed by atoms with E-state index in [-0.39, 0.29) is 0 Å². The smallest absolute Gasteiger partial charge is 0.119 e. The van der Waals surface area contributed by atoms with Crippen LogP contribution in [0.15, 0.2) is 41.0 Å². The molecule has 0 aliphatic rings. The van der Waals surface area contributed by atoms with Crippen molar-refractivity contribution in [3.8, 4) is 17.0 Å². The molecule has 1 aromatic carbocycles. The quantitative estimate of drug-likeness (QED) is 0.833. The summed E-state index contributed by atoms with van der Waals surface area (Å²) in [4.78, 5) is 4.42. The van der Waals surface area contributed by atoms with Crippen LogP contribution in [0.1, 0.15) is 5.56 Å². The summed E-state index contributed by atoms with van der Waals surface area (Å²) in [5.74, 6) is 0.849. The second kappa shape index (κ2) is 4.66. The minimum Gasteiger partial charge on any atom is -0.497 e. The fourth-order valence-corrected chi connectivity index (χ4v) is 2.06. The average molecular weight is 278 g/mol. The van der Waals surface area contributed by atoms with E-state index in [2.05, 4.69) is 27.0 Å². The highest BCUT2D eigenvalue weighted by Gasteiger charge is 2.04. The van der Waals surface area contributed by atoms with Crippen molar-refractivity contribution in [2.24, 2.45) is 0 Å². The van der Waals surface area contributed by atoms with Crippen LogP contribution in [0, 0.1) is 6.92 Å². The Morgan fingerprint density at radius 1 is 1.25 bits per heavy atom. The Kier molecular flexibility index (Phi) is 3.25. The van der Waals surface area contributed by atoms with Crippen LogP contribution in [0.3, 0.4) is 0 Å². The molecule has 0 aliphatic carbocycles. The maximum Gasteiger partial charge on any atom is 0.119 e. The van der Waals surface area contributed by atoms with Gasteiger partial charge in [0.05, 0.1) is 12.8 Å². The van der Waals surface area contributed by atoms with E-state index in [1.54, 1.807) is 7.11 Å². The van der Waals surface area contributed by atoms with Crippen LogP contribution in [0.5, 0.6) is 5.75 Å². The Balaban J connectivity index is 2.49. The minimum absolute atomic E-state index is 0.849. The highest BCUT2D eigenvalue weighted by atomic mass is 79.9. The van der Waals surface area contributed by atoms with E-state index in [0.717, 1.165) is 27.0 Å². The van der Waals surface area contributed by atoms with Gasteiger partial charge in [0, 0.05) is 16.2 Å². The predicted octanol–water partition coefficient (Wildman–Crippen LogP) is 3.83. The van der Waals surface area contributed by atoms with Crippen molar-refractivity contribution in [1.29, 1.82) is 0 Å². The third-order valence-electron chi connectivity index (χ3n) is 2.39. The van der Waals surface area contributed by atoms with Crippen LogP contribution in [0.2, 0.25) is 0 Å². The Morgan fingerprint density at radius 2 is 2.06 bits per heavy atom. The van der Waals surface area contributed by atoms with Crippen molar-refractivity contribution in [2.45, 2.75) is 6.92 Å². The fraction of sp³-hybridized carbons (Fsp3) is 0.154. The second-order valence-corrected chi connectivity index (χ2v) is 4.47. The lowest BCUT2D eigenvalue weighted by molar-refractivity contribution is 0.415. The van der Waals surface area contributed by atoms with Crippen LogP contribution in [-0.2, 0) is 0 Å². The van der Waals surface area contributed by atoms with Crippen LogP contribution < -0.4 is 4.74 Å². The first-order valence-electron chi connectivity index (χ1n) is 4.97. The number of aromatic nitrogens is 1. The molecule has 82 valence electrons. The van der Waals surface area contributed by atoms with Crippen molar-refractivity contribution in [3.63, 3.8) is 0 Å². The van der Waals surface area contributed by atoms with Crippen molar-refractivity contribution < 1.29 is 4.74 Å². The number of benzene rings is 1. The van der Waals surface area contributed by atoms with Gasteiger partial charge in [0.15, 0.2) is 0 Å². The first kappa shape index (κ1) is 11.1. The number of hydrogen-bond acceptors (Lipinski definition) is 2. The summed E-state index contributed by atoms with van der Waals surface area (Å²) < 4.78 is 6.20. The molecule has 0 atom stereocenters. The number of methoxy groups -OCH3 is 1. The van der Waals surface area contributed by atoms with E-state index in [9.17, 15) is 0 Å². The first-order chi connectivity index (χ1) is 7.70. The molecular weight excluding hydrogens is 266 g/mol. The maximum atomic E-state index is 5.20. The summed E-state index contributed by atoms with van der Waals surface area (Å²) in [5.41, 5.74) is 3.20. The van der Waals surface area contributed by atoms with Gasteiger partial charge in [0.1, 0.15) is 5.75 Å². The molecule has 0 unspecified atom stereocenters. The van der Waals surface area contributed by atoms with E-state index < -0.39 is 0 Å². The number of pyridine rings is 1. The van der Waals surface area contributed by atoms with Crippen LogP contribution >= 0.6 is 15.9 Å². The summed E-state index contributed by atoms with van der Waals surface area (Å²) in [6.07, 6.45) is 1.81. The van der Waals surface area contributed by atoms with Gasteiger partial charge in [-0.15, -0.1) is 0 Å². The van der Waals surface area contributed by atoms with E-state index in [1.807, 2.05) is 37.4 Å². The Hall–Kier alpha value is -1.35. The van der Waals surface area contributed by atoms with Gasteiger partial charge in [-0.25, -0.2) is 0 Å². The van der Waals surface area contributed by atoms with Gasteiger partial charge in [-0.3, -0.25) is 4.98 Å². The molecule has 3 heteroatoms. The van der Waals surface area contributed by atoms with Gasteiger partial charge >= 0.3 is 0 Å². The number of rotatable bonds is 2. The zero-order valence-corrected chi connectivity index (χ0v) is 10.8. The van der Waals surface area contributed by atoms with Gasteiger partial charge in [-0.05, 0) is 46.6 Å². The summed E-state index contributed by atoms with van der Waals surface area (Å²) in [7, 11) is 1.67. The molecular formula is C13H12BrNO. The third kappa shape index (κ3) is 2.25. The van der Waals surface area contributed by atoms with Crippen LogP contribution in [-0.4, -0.2) is 12.1 Å². The molecule has 1 heterocycles. The summed E-state index contributed by atoms with van der Waals surface area (Å²) in [5, 5.41) is 0. The molecule has 2 rings (SSSR count). The molecule has 0 saturated carbocycles. The summed E-state index contributed by atoms with van der Waals surface area (Å²) >= 11 is 3.41. The molecule has 0 spiro atoms. The molecule has 0 amide bonds. The fourth-order valence-electron chi connectivity index (χ4n) is 1.61. The lowest BCUT2D eigenvalue weighted by Gasteiger charge is -2.07. The summed E-state index contributed by atoms with van der Waals surface area (Å²) in [6, 6.07) is 9.98. The van der Waals surface area contributed by atoms with Gasteiger partial charge < -0.3 is 4.74 Å². The molecule has 0 aliphatic heterocycles. The minimum atomic E-state index is 0.849. The van der Waals surface area contributed by atoms with Crippen molar-refractivity contribution in [3.05, 3.63) is 46.6 Å². The zero-order chi connectivity index (χ0) is 11.5. The second-order valence-electron chi connectivity index (χ2n) is 3.55. The van der Waals surface area contributed by atoms with Gasteiger partial charge in [0.2, 0.25) is 0 Å². The monoisotopic (exact) mass is 277 g/mol. The number of ether oxygens (including phenoxy) is 1. The lowest BCUT2D eigenvalue weighted by atomic mass is 10.1. The zero-order valence-electron chi connectivity index (χ0n) is 9.20. The standard InChI is InChI=1S/C13H12BrNO/c1-9-6-11(14)8-15-13(9)10-4-3-5-12(7-10)16-2/h3-8H,1-2H3. The van der Waals surface area contributed by atoms with Crippen LogP contribution in [0.25, 0.3) is 11.3 Å². The molecule has 2 aromatic rings. The predicted molar refractivity (Wildman–Crippen MR) is 68.7 cm³/mol. The van der Waals surface area contributed by atoms with Crippen molar-refractivity contribution >= 4 is 15.9 Å². The Bertz CT molecular complexity index is 511. The Morgan fingerprint density at radius 3 is 2.75 bits per heavy atom. The van der Waals surface area contributed by atoms with E-state index in [0.29, 0.717) is 0 Å². The van der Waals surface area contributed by atoms with E-state index in [1.165, 1.54) is 0 Å². The number of nitrogens with zero attached hydrogens (tertiary/aromatic N) is 1. The van der Waals surface area contributed by atoms with Crippen molar-refractivity contribution in [2.75, 3.05) is 7.11 Å². The number of halogens is 1. The van der Waals surface area contributed by atoms with Gasteiger partial charge in [-0.2, -0.15) is 0 Å². The number of hydrogen-bond donors (Lipinski definition) is 0. The van der Waals surface area contributed by atoms with E-state index in [4.69, 9.17) is 4.74 Å². The molecule has 0 bridgehead atoms. The van der Waals surface area contributed by atoms with Gasteiger partial charge in [0.25, 0.3) is 0 Å². The highest BCUT2D eigenvalue weighted by molar-refractivity contribution is 9.10. The molecule has 0 saturated heterocycles. The highest BCUT2D eigenvalue weighted by Crippen LogP contribution is 2.26. The van der Waals surface area contributed by atoms with Gasteiger partial charge in [-0.1, -0.05) is 12.1 Å². The van der Waals surface area contributed by atoms with E-state index >= 15 is 0 Å². The average Bonchev–Trinajstić information content (AvgIpc) is 2.29. The topological polar surface area (TPSA) is 22.1 Å². The number of aryl methyl sites for hydroxylation is 1. The SMILES string of the molecule is COc1cccc(-c2ncc(Br)cc2C)c1. The molecule has 2 nitrogen and oxygen atoms in total. The normalized spacial score (nSPS) is 10.2. The maximum absolute atomic E-state index is 5.20. The molecule has 1 aromatic heterocycles. The molecule has 0 N–H and O–H groups in total. The summed E-state index contributed by atoms with van der Waals surface area (Å²) in [6.45, 7) is 2.05. The Labute approximate surface area is 103 Å².